The van der Waals surface area contributed by atoms with Gasteiger partial charge in [0.2, 0.25) is 5.91 Å². The number of rotatable bonds is 3. The fourth-order valence-electron chi connectivity index (χ4n) is 1.68. The molecule has 0 aliphatic carbocycles. The lowest BCUT2D eigenvalue weighted by molar-refractivity contribution is -0.121. The van der Waals surface area contributed by atoms with Gasteiger partial charge in [0.05, 0.1) is 6.54 Å². The zero-order valence-corrected chi connectivity index (χ0v) is 13.6. The van der Waals surface area contributed by atoms with Gasteiger partial charge in [0.15, 0.2) is 5.11 Å². The predicted octanol–water partition coefficient (Wildman–Crippen LogP) is 2.50. The standard InChI is InChI=1S/C15H23N3OS/c1-10-7-6-8-12(11(10)2)17-14(20)16-9-13(19)18-15(3,4)5/h6-8H,9H2,1-5H3,(H,18,19)(H2,16,17,20). The van der Waals surface area contributed by atoms with E-state index in [9.17, 15) is 4.79 Å². The Labute approximate surface area is 126 Å². The minimum Gasteiger partial charge on any atom is -0.353 e. The number of carbonyl (C=O) groups excluding carboxylic acids is 1. The lowest BCUT2D eigenvalue weighted by Crippen LogP contribution is -2.46. The van der Waals surface area contributed by atoms with E-state index in [2.05, 4.69) is 16.0 Å². The number of benzene rings is 1. The maximum Gasteiger partial charge on any atom is 0.239 e. The van der Waals surface area contributed by atoms with Gasteiger partial charge in [0.25, 0.3) is 0 Å². The van der Waals surface area contributed by atoms with Crippen LogP contribution in [-0.4, -0.2) is 23.1 Å². The molecule has 20 heavy (non-hydrogen) atoms. The Bertz CT molecular complexity index is 506. The number of nitrogens with one attached hydrogen (secondary N) is 3. The van der Waals surface area contributed by atoms with Crippen molar-refractivity contribution in [2.45, 2.75) is 40.2 Å². The Morgan fingerprint density at radius 3 is 2.50 bits per heavy atom. The topological polar surface area (TPSA) is 53.2 Å². The smallest absolute Gasteiger partial charge is 0.239 e. The molecule has 0 heterocycles. The number of hydrogen-bond acceptors (Lipinski definition) is 2. The maximum atomic E-state index is 11.7. The van der Waals surface area contributed by atoms with E-state index in [1.54, 1.807) is 0 Å². The van der Waals surface area contributed by atoms with Crippen LogP contribution < -0.4 is 16.0 Å². The zero-order chi connectivity index (χ0) is 15.3. The van der Waals surface area contributed by atoms with Crippen LogP contribution in [0.1, 0.15) is 31.9 Å². The van der Waals surface area contributed by atoms with Gasteiger partial charge in [0, 0.05) is 11.2 Å². The Balaban J connectivity index is 2.49. The highest BCUT2D eigenvalue weighted by atomic mass is 32.1. The molecule has 0 aromatic heterocycles. The maximum absolute atomic E-state index is 11.7. The van der Waals surface area contributed by atoms with Crippen LogP contribution in [0.2, 0.25) is 0 Å². The SMILES string of the molecule is Cc1cccc(NC(=S)NCC(=O)NC(C)(C)C)c1C. The summed E-state index contributed by atoms with van der Waals surface area (Å²) >= 11 is 5.20. The Morgan fingerprint density at radius 1 is 1.25 bits per heavy atom. The van der Waals surface area contributed by atoms with Crippen molar-refractivity contribution in [2.75, 3.05) is 11.9 Å². The molecule has 0 unspecified atom stereocenters. The summed E-state index contributed by atoms with van der Waals surface area (Å²) in [7, 11) is 0. The monoisotopic (exact) mass is 293 g/mol. The van der Waals surface area contributed by atoms with Crippen LogP contribution in [0.15, 0.2) is 18.2 Å². The first-order valence-corrected chi connectivity index (χ1v) is 7.02. The van der Waals surface area contributed by atoms with E-state index >= 15 is 0 Å². The van der Waals surface area contributed by atoms with Crippen LogP contribution in [0, 0.1) is 13.8 Å². The Hall–Kier alpha value is -1.62. The molecule has 1 rings (SSSR count). The van der Waals surface area contributed by atoms with Crippen molar-refractivity contribution in [1.82, 2.24) is 10.6 Å². The van der Waals surface area contributed by atoms with E-state index in [-0.39, 0.29) is 18.0 Å². The van der Waals surface area contributed by atoms with Gasteiger partial charge in [-0.2, -0.15) is 0 Å². The fourth-order valence-corrected chi connectivity index (χ4v) is 1.86. The second-order valence-corrected chi connectivity index (χ2v) is 6.26. The largest absolute Gasteiger partial charge is 0.353 e. The van der Waals surface area contributed by atoms with Gasteiger partial charge in [-0.1, -0.05) is 12.1 Å². The summed E-state index contributed by atoms with van der Waals surface area (Å²) < 4.78 is 0. The average molecular weight is 293 g/mol. The van der Waals surface area contributed by atoms with Crippen LogP contribution >= 0.6 is 12.2 Å². The number of aryl methyl sites for hydroxylation is 1. The first kappa shape index (κ1) is 16.4. The second-order valence-electron chi connectivity index (χ2n) is 5.85. The van der Waals surface area contributed by atoms with Crippen molar-refractivity contribution < 1.29 is 4.79 Å². The van der Waals surface area contributed by atoms with Gasteiger partial charge in [0.1, 0.15) is 0 Å². The highest BCUT2D eigenvalue weighted by molar-refractivity contribution is 7.80. The van der Waals surface area contributed by atoms with Gasteiger partial charge >= 0.3 is 0 Å². The van der Waals surface area contributed by atoms with E-state index in [1.807, 2.05) is 52.8 Å². The summed E-state index contributed by atoms with van der Waals surface area (Å²) in [6.45, 7) is 10.1. The Kier molecular flexibility index (Phi) is 5.51. The predicted molar refractivity (Wildman–Crippen MR) is 88.0 cm³/mol. The van der Waals surface area contributed by atoms with Crippen LogP contribution in [0.5, 0.6) is 0 Å². The fraction of sp³-hybridized carbons (Fsp3) is 0.467. The third-order valence-corrected chi connectivity index (χ3v) is 3.02. The average Bonchev–Trinajstić information content (AvgIpc) is 2.30. The molecule has 0 saturated carbocycles. The molecule has 0 aliphatic heterocycles. The van der Waals surface area contributed by atoms with Crippen LogP contribution in [-0.2, 0) is 4.79 Å². The lowest BCUT2D eigenvalue weighted by atomic mass is 10.1. The van der Waals surface area contributed by atoms with Gasteiger partial charge in [-0.25, -0.2) is 0 Å². The van der Waals surface area contributed by atoms with Crippen molar-refractivity contribution in [1.29, 1.82) is 0 Å². The molecule has 1 amide bonds. The van der Waals surface area contributed by atoms with E-state index < -0.39 is 0 Å². The lowest BCUT2D eigenvalue weighted by Gasteiger charge is -2.21. The first-order chi connectivity index (χ1) is 9.19. The molecule has 5 heteroatoms. The van der Waals surface area contributed by atoms with Gasteiger partial charge < -0.3 is 16.0 Å². The summed E-state index contributed by atoms with van der Waals surface area (Å²) in [5, 5.41) is 9.34. The van der Waals surface area contributed by atoms with Crippen molar-refractivity contribution >= 4 is 28.9 Å². The van der Waals surface area contributed by atoms with Gasteiger partial charge in [-0.3, -0.25) is 4.79 Å². The summed E-state index contributed by atoms with van der Waals surface area (Å²) in [5.41, 5.74) is 3.07. The van der Waals surface area contributed by atoms with Crippen molar-refractivity contribution in [3.8, 4) is 0 Å². The third kappa shape index (κ3) is 5.57. The van der Waals surface area contributed by atoms with E-state index in [4.69, 9.17) is 12.2 Å². The minimum absolute atomic E-state index is 0.0809. The van der Waals surface area contributed by atoms with Gasteiger partial charge in [-0.15, -0.1) is 0 Å². The number of hydrogen-bond donors (Lipinski definition) is 3. The zero-order valence-electron chi connectivity index (χ0n) is 12.8. The molecule has 1 aromatic rings. The molecule has 3 N–H and O–H groups in total. The number of amides is 1. The molecule has 110 valence electrons. The number of anilines is 1. The molecular formula is C15H23N3OS. The molecular weight excluding hydrogens is 270 g/mol. The van der Waals surface area contributed by atoms with Gasteiger partial charge in [-0.05, 0) is 64.0 Å². The second kappa shape index (κ2) is 6.70. The third-order valence-electron chi connectivity index (χ3n) is 2.78. The summed E-state index contributed by atoms with van der Waals surface area (Å²) in [4.78, 5) is 11.7. The van der Waals surface area contributed by atoms with E-state index in [0.717, 1.165) is 11.3 Å². The first-order valence-electron chi connectivity index (χ1n) is 6.61. The molecule has 1 aromatic carbocycles. The number of thiocarbonyl (C=S) groups is 1. The Morgan fingerprint density at radius 2 is 1.90 bits per heavy atom. The quantitative estimate of drug-likeness (QED) is 0.750. The molecule has 0 saturated heterocycles. The van der Waals surface area contributed by atoms with Crippen molar-refractivity contribution in [3.05, 3.63) is 29.3 Å². The minimum atomic E-state index is -0.235. The van der Waals surface area contributed by atoms with E-state index in [0.29, 0.717) is 5.11 Å². The number of carbonyl (C=O) groups is 1. The van der Waals surface area contributed by atoms with Crippen molar-refractivity contribution in [3.63, 3.8) is 0 Å². The van der Waals surface area contributed by atoms with Crippen LogP contribution in [0.3, 0.4) is 0 Å². The van der Waals surface area contributed by atoms with Crippen molar-refractivity contribution in [2.24, 2.45) is 0 Å². The molecule has 0 spiro atoms. The highest BCUT2D eigenvalue weighted by Gasteiger charge is 2.13. The van der Waals surface area contributed by atoms with Crippen LogP contribution in [0.4, 0.5) is 5.69 Å². The summed E-state index contributed by atoms with van der Waals surface area (Å²) in [5.74, 6) is -0.0809. The normalized spacial score (nSPS) is 10.8. The molecule has 0 bridgehead atoms. The summed E-state index contributed by atoms with van der Waals surface area (Å²) in [6.07, 6.45) is 0. The van der Waals surface area contributed by atoms with E-state index in [1.165, 1.54) is 5.56 Å². The molecule has 0 radical (unpaired) electrons. The molecule has 0 atom stereocenters. The highest BCUT2D eigenvalue weighted by Crippen LogP contribution is 2.17. The molecule has 4 nitrogen and oxygen atoms in total. The molecule has 0 aliphatic rings. The van der Waals surface area contributed by atoms with Crippen LogP contribution in [0.25, 0.3) is 0 Å². The summed E-state index contributed by atoms with van der Waals surface area (Å²) in [6, 6.07) is 5.99. The molecule has 0 fully saturated rings.